The van der Waals surface area contributed by atoms with E-state index in [4.69, 9.17) is 14.2 Å². The van der Waals surface area contributed by atoms with E-state index in [1.54, 1.807) is 25.3 Å². The zero-order chi connectivity index (χ0) is 24.3. The minimum absolute atomic E-state index is 0.130. The Morgan fingerprint density at radius 1 is 0.824 bits per heavy atom. The smallest absolute Gasteiger partial charge is 0.331 e. The van der Waals surface area contributed by atoms with E-state index in [0.717, 1.165) is 22.3 Å². The maximum atomic E-state index is 12.6. The van der Waals surface area contributed by atoms with E-state index in [9.17, 15) is 9.59 Å². The van der Waals surface area contributed by atoms with Gasteiger partial charge in [-0.3, -0.25) is 0 Å². The van der Waals surface area contributed by atoms with Crippen LogP contribution in [0.3, 0.4) is 0 Å². The number of ether oxygens (including phenoxy) is 3. The van der Waals surface area contributed by atoms with Gasteiger partial charge in [0.25, 0.3) is 0 Å². The summed E-state index contributed by atoms with van der Waals surface area (Å²) < 4.78 is 16.6. The van der Waals surface area contributed by atoms with Crippen molar-refractivity contribution < 1.29 is 23.8 Å². The van der Waals surface area contributed by atoms with Crippen molar-refractivity contribution in [2.24, 2.45) is 0 Å². The minimum Gasteiger partial charge on any atom is -0.496 e. The quantitative estimate of drug-likeness (QED) is 0.298. The van der Waals surface area contributed by atoms with Crippen LogP contribution in [-0.4, -0.2) is 25.7 Å². The van der Waals surface area contributed by atoms with Gasteiger partial charge in [0.05, 0.1) is 7.11 Å². The van der Waals surface area contributed by atoms with Crippen molar-refractivity contribution in [1.29, 1.82) is 0 Å². The van der Waals surface area contributed by atoms with Crippen molar-refractivity contribution in [3.05, 3.63) is 113 Å². The van der Waals surface area contributed by atoms with Gasteiger partial charge in [0.15, 0.2) is 6.10 Å². The van der Waals surface area contributed by atoms with Crippen LogP contribution in [0.2, 0.25) is 0 Å². The third kappa shape index (κ3) is 7.20. The summed E-state index contributed by atoms with van der Waals surface area (Å²) >= 11 is 0. The second-order valence-electron chi connectivity index (χ2n) is 7.71. The number of carbonyl (C=O) groups is 2. The average Bonchev–Trinajstić information content (AvgIpc) is 2.86. The van der Waals surface area contributed by atoms with E-state index in [0.29, 0.717) is 11.3 Å². The van der Waals surface area contributed by atoms with Gasteiger partial charge in [-0.2, -0.15) is 0 Å². The highest BCUT2D eigenvalue weighted by molar-refractivity contribution is 5.88. The van der Waals surface area contributed by atoms with Crippen LogP contribution < -0.4 is 4.74 Å². The molecule has 0 radical (unpaired) electrons. The standard InChI is InChI=1S/C29H28O5/c1-21-18-25(19-26(32-3)22(21)2)27(34-29(31)17-15-24-12-8-5-9-13-24)20-33-28(30)16-14-23-10-6-4-7-11-23/h4-19,27H,20H2,1-3H3/b16-14+,17-15+/t27-/m0/s1. The molecule has 0 fully saturated rings. The maximum Gasteiger partial charge on any atom is 0.331 e. The van der Waals surface area contributed by atoms with Crippen LogP contribution in [0.25, 0.3) is 12.2 Å². The van der Waals surface area contributed by atoms with E-state index in [1.165, 1.54) is 12.2 Å². The third-order valence-corrected chi connectivity index (χ3v) is 5.29. The first kappa shape index (κ1) is 24.5. The van der Waals surface area contributed by atoms with E-state index in [-0.39, 0.29) is 6.61 Å². The normalized spacial score (nSPS) is 12.0. The molecule has 3 rings (SSSR count). The Labute approximate surface area is 200 Å². The molecule has 0 unspecified atom stereocenters. The molecule has 0 saturated heterocycles. The Bertz CT molecular complexity index is 1160. The number of esters is 2. The molecule has 3 aromatic rings. The van der Waals surface area contributed by atoms with E-state index >= 15 is 0 Å². The van der Waals surface area contributed by atoms with E-state index in [1.807, 2.05) is 80.6 Å². The van der Waals surface area contributed by atoms with Gasteiger partial charge in [-0.05, 0) is 59.9 Å². The van der Waals surface area contributed by atoms with Gasteiger partial charge >= 0.3 is 11.9 Å². The first-order valence-electron chi connectivity index (χ1n) is 10.9. The Hall–Kier alpha value is -4.12. The molecular formula is C29H28O5. The van der Waals surface area contributed by atoms with Gasteiger partial charge < -0.3 is 14.2 Å². The number of benzene rings is 3. The lowest BCUT2D eigenvalue weighted by Gasteiger charge is -2.20. The lowest BCUT2D eigenvalue weighted by atomic mass is 10.0. The third-order valence-electron chi connectivity index (χ3n) is 5.29. The summed E-state index contributed by atoms with van der Waals surface area (Å²) in [6, 6.07) is 22.6. The summed E-state index contributed by atoms with van der Waals surface area (Å²) in [6.45, 7) is 3.77. The molecule has 5 heteroatoms. The highest BCUT2D eigenvalue weighted by atomic mass is 16.6. The van der Waals surface area contributed by atoms with Crippen molar-refractivity contribution in [3.8, 4) is 5.75 Å². The molecule has 1 atom stereocenters. The summed E-state index contributed by atoms with van der Waals surface area (Å²) in [6.07, 6.45) is 5.26. The molecule has 0 heterocycles. The van der Waals surface area contributed by atoms with Crippen LogP contribution in [0.4, 0.5) is 0 Å². The Morgan fingerprint density at radius 2 is 1.38 bits per heavy atom. The van der Waals surface area contributed by atoms with Gasteiger partial charge in [-0.1, -0.05) is 66.7 Å². The van der Waals surface area contributed by atoms with E-state index < -0.39 is 18.0 Å². The zero-order valence-electron chi connectivity index (χ0n) is 19.6. The number of carbonyl (C=O) groups excluding carboxylic acids is 2. The average molecular weight is 457 g/mol. The fourth-order valence-electron chi connectivity index (χ4n) is 3.29. The molecule has 3 aromatic carbocycles. The summed E-state index contributed by atoms with van der Waals surface area (Å²) in [5.41, 5.74) is 4.41. The molecular weight excluding hydrogens is 428 g/mol. The lowest BCUT2D eigenvalue weighted by Crippen LogP contribution is -2.17. The second-order valence-corrected chi connectivity index (χ2v) is 7.71. The van der Waals surface area contributed by atoms with Crippen LogP contribution in [0.5, 0.6) is 5.75 Å². The van der Waals surface area contributed by atoms with Crippen molar-refractivity contribution >= 4 is 24.1 Å². The molecule has 0 amide bonds. The number of hydrogen-bond donors (Lipinski definition) is 0. The Morgan fingerprint density at radius 3 is 1.94 bits per heavy atom. The molecule has 0 spiro atoms. The second kappa shape index (κ2) is 12.2. The van der Waals surface area contributed by atoms with Crippen molar-refractivity contribution in [1.82, 2.24) is 0 Å². The number of hydrogen-bond acceptors (Lipinski definition) is 5. The van der Waals surface area contributed by atoms with Crippen molar-refractivity contribution in [2.45, 2.75) is 20.0 Å². The van der Waals surface area contributed by atoms with Gasteiger partial charge in [0.2, 0.25) is 0 Å². The maximum absolute atomic E-state index is 12.6. The summed E-state index contributed by atoms with van der Waals surface area (Å²) in [5, 5.41) is 0. The summed E-state index contributed by atoms with van der Waals surface area (Å²) in [4.78, 5) is 24.9. The van der Waals surface area contributed by atoms with Crippen LogP contribution in [0, 0.1) is 13.8 Å². The SMILES string of the molecule is COc1cc([C@H](COC(=O)/C=C/c2ccccc2)OC(=O)/C=C/c2ccccc2)cc(C)c1C. The Kier molecular flexibility index (Phi) is 8.81. The monoisotopic (exact) mass is 456 g/mol. The number of rotatable bonds is 9. The highest BCUT2D eigenvalue weighted by Crippen LogP contribution is 2.29. The first-order chi connectivity index (χ1) is 16.5. The van der Waals surface area contributed by atoms with Gasteiger partial charge in [-0.25, -0.2) is 9.59 Å². The van der Waals surface area contributed by atoms with E-state index in [2.05, 4.69) is 0 Å². The largest absolute Gasteiger partial charge is 0.496 e. The topological polar surface area (TPSA) is 61.8 Å². The van der Waals surface area contributed by atoms with Crippen molar-refractivity contribution in [3.63, 3.8) is 0 Å². The molecule has 0 aliphatic carbocycles. The minimum atomic E-state index is -0.796. The fourth-order valence-corrected chi connectivity index (χ4v) is 3.29. The molecule has 5 nitrogen and oxygen atoms in total. The van der Waals surface area contributed by atoms with Crippen LogP contribution >= 0.6 is 0 Å². The predicted octanol–water partition coefficient (Wildman–Crippen LogP) is 5.87. The molecule has 0 aromatic heterocycles. The highest BCUT2D eigenvalue weighted by Gasteiger charge is 2.20. The summed E-state index contributed by atoms with van der Waals surface area (Å²) in [7, 11) is 1.59. The molecule has 0 aliphatic heterocycles. The van der Waals surface area contributed by atoms with Crippen LogP contribution in [-0.2, 0) is 19.1 Å². The van der Waals surface area contributed by atoms with Crippen LogP contribution in [0.1, 0.15) is 33.9 Å². The molecule has 0 bridgehead atoms. The van der Waals surface area contributed by atoms with Gasteiger partial charge in [-0.15, -0.1) is 0 Å². The fraction of sp³-hybridized carbons (Fsp3) is 0.172. The first-order valence-corrected chi connectivity index (χ1v) is 10.9. The number of aryl methyl sites for hydroxylation is 1. The summed E-state index contributed by atoms with van der Waals surface area (Å²) in [5.74, 6) is -0.395. The molecule has 34 heavy (non-hydrogen) atoms. The Balaban J connectivity index is 1.75. The van der Waals surface area contributed by atoms with Gasteiger partial charge in [0, 0.05) is 12.2 Å². The van der Waals surface area contributed by atoms with Crippen molar-refractivity contribution in [2.75, 3.05) is 13.7 Å². The van der Waals surface area contributed by atoms with Crippen LogP contribution in [0.15, 0.2) is 84.9 Å². The molecule has 174 valence electrons. The lowest BCUT2D eigenvalue weighted by molar-refractivity contribution is -0.153. The van der Waals surface area contributed by atoms with Gasteiger partial charge in [0.1, 0.15) is 12.4 Å². The molecule has 0 N–H and O–H groups in total. The molecule has 0 aliphatic rings. The molecule has 0 saturated carbocycles. The number of methoxy groups -OCH3 is 1. The zero-order valence-corrected chi connectivity index (χ0v) is 19.6. The predicted molar refractivity (Wildman–Crippen MR) is 133 cm³/mol.